The Balaban J connectivity index is 0.00000156. The summed E-state index contributed by atoms with van der Waals surface area (Å²) in [7, 11) is 0.0792. The Morgan fingerprint density at radius 2 is 1.50 bits per heavy atom. The van der Waals surface area contributed by atoms with Gasteiger partial charge in [0.05, 0.1) is 5.02 Å². The van der Waals surface area contributed by atoms with Gasteiger partial charge in [0.2, 0.25) is 0 Å². The van der Waals surface area contributed by atoms with Crippen LogP contribution in [0.15, 0.2) is 72.8 Å². The molecular weight excluding hydrogens is 330 g/mol. The van der Waals surface area contributed by atoms with Gasteiger partial charge in [0, 0.05) is 5.56 Å². The van der Waals surface area contributed by atoms with E-state index in [2.05, 4.69) is 24.3 Å². The minimum Gasteiger partial charge on any atom is -1.00 e. The second-order valence-corrected chi connectivity index (χ2v) is 7.02. The van der Waals surface area contributed by atoms with Crippen molar-refractivity contribution in [1.29, 1.82) is 0 Å². The van der Waals surface area contributed by atoms with Gasteiger partial charge in [-0.1, -0.05) is 78.3 Å². The predicted octanol–water partition coefficient (Wildman–Crippen LogP) is 2.58. The van der Waals surface area contributed by atoms with Crippen molar-refractivity contribution in [3.8, 4) is 11.1 Å². The Kier molecular flexibility index (Phi) is 6.85. The summed E-state index contributed by atoms with van der Waals surface area (Å²) >= 11 is 6.18. The van der Waals surface area contributed by atoms with Crippen LogP contribution in [0.1, 0.15) is 17.3 Å². The van der Waals surface area contributed by atoms with Gasteiger partial charge < -0.3 is 1.43 Å². The molecule has 4 heteroatoms. The average Bonchev–Trinajstić information content (AvgIpc) is 2.56. The number of hydrogen-bond acceptors (Lipinski definition) is 1. The molecule has 1 unspecified atom stereocenters. The largest absolute Gasteiger partial charge is 1.00 e. The molecule has 1 nitrogen and oxygen atoms in total. The van der Waals surface area contributed by atoms with Gasteiger partial charge in [-0.3, -0.25) is 4.79 Å². The fourth-order valence-corrected chi connectivity index (χ4v) is 3.93. The molecule has 0 radical (unpaired) electrons. The van der Waals surface area contributed by atoms with Crippen molar-refractivity contribution < 1.29 is 25.1 Å². The van der Waals surface area contributed by atoms with Crippen LogP contribution in [0.5, 0.6) is 0 Å². The standard InChI is InChI=1S/C20H16ClOP.Li.H/c1-14-6-5-9-18(21)19(14)20(22)23-17-12-10-16(11-13-17)15-7-3-2-4-8-15;;/h2-13,23H,1H3;;/q;+1;-1. The number of halogens is 1. The van der Waals surface area contributed by atoms with E-state index in [1.54, 1.807) is 6.07 Å². The first-order valence-electron chi connectivity index (χ1n) is 7.37. The maximum absolute atomic E-state index is 12.5. The van der Waals surface area contributed by atoms with E-state index in [1.165, 1.54) is 5.56 Å². The van der Waals surface area contributed by atoms with E-state index in [-0.39, 0.29) is 34.4 Å². The molecule has 0 bridgehead atoms. The van der Waals surface area contributed by atoms with Crippen LogP contribution in [0.4, 0.5) is 0 Å². The molecule has 0 saturated carbocycles. The molecule has 3 rings (SSSR count). The Hall–Kier alpha value is -1.35. The molecule has 0 aliphatic rings. The molecule has 0 aliphatic heterocycles. The second-order valence-electron chi connectivity index (χ2n) is 5.33. The number of carbonyl (C=O) groups is 1. The first-order valence-corrected chi connectivity index (χ1v) is 8.75. The van der Waals surface area contributed by atoms with E-state index in [1.807, 2.05) is 49.4 Å². The number of aryl methyl sites for hydroxylation is 1. The van der Waals surface area contributed by atoms with Crippen molar-refractivity contribution in [2.45, 2.75) is 6.92 Å². The Morgan fingerprint density at radius 1 is 0.875 bits per heavy atom. The molecule has 0 spiro atoms. The van der Waals surface area contributed by atoms with Gasteiger partial charge >= 0.3 is 18.9 Å². The third-order valence-corrected chi connectivity index (χ3v) is 5.11. The van der Waals surface area contributed by atoms with Crippen LogP contribution >= 0.6 is 20.2 Å². The molecule has 1 atom stereocenters. The van der Waals surface area contributed by atoms with Crippen molar-refractivity contribution in [3.63, 3.8) is 0 Å². The van der Waals surface area contributed by atoms with Crippen LogP contribution in [-0.4, -0.2) is 5.52 Å². The van der Waals surface area contributed by atoms with Gasteiger partial charge in [0.25, 0.3) is 0 Å². The molecule has 0 aromatic heterocycles. The number of benzene rings is 3. The summed E-state index contributed by atoms with van der Waals surface area (Å²) in [5.41, 5.74) is 3.98. The zero-order valence-corrected chi connectivity index (χ0v) is 15.5. The molecule has 0 N–H and O–H groups in total. The van der Waals surface area contributed by atoms with E-state index in [9.17, 15) is 4.79 Å². The summed E-state index contributed by atoms with van der Waals surface area (Å²) in [6, 6.07) is 23.9. The summed E-state index contributed by atoms with van der Waals surface area (Å²) in [6.07, 6.45) is 0. The normalized spacial score (nSPS) is 10.6. The summed E-state index contributed by atoms with van der Waals surface area (Å²) in [5, 5.41) is 1.55. The van der Waals surface area contributed by atoms with E-state index in [0.29, 0.717) is 10.6 Å². The van der Waals surface area contributed by atoms with Crippen molar-refractivity contribution in [1.82, 2.24) is 0 Å². The molecule has 3 aromatic carbocycles. The van der Waals surface area contributed by atoms with Crippen LogP contribution in [0.25, 0.3) is 11.1 Å². The van der Waals surface area contributed by atoms with Gasteiger partial charge in [0.15, 0.2) is 5.52 Å². The topological polar surface area (TPSA) is 17.1 Å². The van der Waals surface area contributed by atoms with Gasteiger partial charge in [-0.2, -0.15) is 0 Å². The molecule has 0 amide bonds. The molecule has 24 heavy (non-hydrogen) atoms. The van der Waals surface area contributed by atoms with E-state index in [4.69, 9.17) is 11.6 Å². The van der Waals surface area contributed by atoms with Crippen molar-refractivity contribution in [3.05, 3.63) is 88.9 Å². The third-order valence-electron chi connectivity index (χ3n) is 3.70. The maximum atomic E-state index is 12.5. The fraction of sp³-hybridized carbons (Fsp3) is 0.0500. The van der Waals surface area contributed by atoms with Crippen LogP contribution < -0.4 is 24.2 Å². The molecule has 3 aromatic rings. The monoisotopic (exact) mass is 346 g/mol. The van der Waals surface area contributed by atoms with Crippen molar-refractivity contribution in [2.75, 3.05) is 0 Å². The summed E-state index contributed by atoms with van der Waals surface area (Å²) in [4.78, 5) is 12.5. The Bertz CT molecular complexity index is 818. The van der Waals surface area contributed by atoms with Gasteiger partial charge in [0.1, 0.15) is 0 Å². The number of carbonyl (C=O) groups excluding carboxylic acids is 1. The minimum absolute atomic E-state index is 0. The number of hydrogen-bond donors (Lipinski definition) is 0. The zero-order chi connectivity index (χ0) is 16.2. The first kappa shape index (κ1) is 19.0. The van der Waals surface area contributed by atoms with Crippen LogP contribution in [0.2, 0.25) is 5.02 Å². The number of rotatable bonds is 4. The fourth-order valence-electron chi connectivity index (χ4n) is 2.49. The van der Waals surface area contributed by atoms with Crippen molar-refractivity contribution in [2.24, 2.45) is 0 Å². The summed E-state index contributed by atoms with van der Waals surface area (Å²) < 4.78 is 0. The molecule has 0 saturated heterocycles. The molecular formula is C20H17ClLiOP. The predicted molar refractivity (Wildman–Crippen MR) is 101 cm³/mol. The zero-order valence-electron chi connectivity index (χ0n) is 14.7. The van der Waals surface area contributed by atoms with E-state index in [0.717, 1.165) is 16.4 Å². The van der Waals surface area contributed by atoms with E-state index < -0.39 is 0 Å². The Morgan fingerprint density at radius 3 is 2.12 bits per heavy atom. The molecule has 0 heterocycles. The van der Waals surface area contributed by atoms with E-state index >= 15 is 0 Å². The smallest absolute Gasteiger partial charge is 1.00 e. The maximum Gasteiger partial charge on any atom is 1.00 e. The Labute approximate surface area is 162 Å². The molecule has 0 fully saturated rings. The van der Waals surface area contributed by atoms with Gasteiger partial charge in [-0.05, 0) is 43.6 Å². The van der Waals surface area contributed by atoms with Gasteiger partial charge in [-0.25, -0.2) is 0 Å². The third kappa shape index (κ3) is 4.38. The molecule has 116 valence electrons. The quantitative estimate of drug-likeness (QED) is 0.524. The average molecular weight is 347 g/mol. The second kappa shape index (κ2) is 8.66. The SMILES string of the molecule is Cc1cccc(Cl)c1C(=O)Pc1ccc(-c2ccccc2)cc1.[H-].[Li+]. The van der Waals surface area contributed by atoms with Gasteiger partial charge in [-0.15, -0.1) is 0 Å². The van der Waals surface area contributed by atoms with Crippen molar-refractivity contribution >= 4 is 31.0 Å². The van der Waals surface area contributed by atoms with Crippen LogP contribution in [0, 0.1) is 6.92 Å². The van der Waals surface area contributed by atoms with Crippen LogP contribution in [-0.2, 0) is 0 Å². The molecule has 0 aliphatic carbocycles. The minimum atomic E-state index is 0. The first-order chi connectivity index (χ1) is 11.1. The summed E-state index contributed by atoms with van der Waals surface area (Å²) in [5.74, 6) is 0. The summed E-state index contributed by atoms with van der Waals surface area (Å²) in [6.45, 7) is 1.92. The van der Waals surface area contributed by atoms with Crippen LogP contribution in [0.3, 0.4) is 0 Å².